The molecule has 7 nitrogen and oxygen atoms in total. The summed E-state index contributed by atoms with van der Waals surface area (Å²) in [5, 5.41) is 14.1. The molecule has 1 aromatic carbocycles. The Morgan fingerprint density at radius 3 is 2.96 bits per heavy atom. The Balaban J connectivity index is 1.98. The van der Waals surface area contributed by atoms with Crippen LogP contribution in [0.2, 0.25) is 5.02 Å². The number of carbonyl (C=O) groups is 1. The van der Waals surface area contributed by atoms with Crippen LogP contribution in [0.1, 0.15) is 17.3 Å². The number of ketones is 1. The van der Waals surface area contributed by atoms with Gasteiger partial charge in [0.2, 0.25) is 0 Å². The number of Topliss-reactive ketones (excluding diaryl/α,β-unsaturated/α-hetero) is 1. The first-order valence-corrected chi connectivity index (χ1v) is 7.46. The van der Waals surface area contributed by atoms with E-state index < -0.39 is 17.3 Å². The predicted molar refractivity (Wildman–Crippen MR) is 87.7 cm³/mol. The predicted octanol–water partition coefficient (Wildman–Crippen LogP) is 1.96. The summed E-state index contributed by atoms with van der Waals surface area (Å²) < 4.78 is 1.44. The van der Waals surface area contributed by atoms with E-state index in [1.165, 1.54) is 10.7 Å². The summed E-state index contributed by atoms with van der Waals surface area (Å²) in [5.74, 6) is -1.60. The SMILES string of the molecule is Cc1cnn(CC(=O)[C@@H](C#N)c2nc3cc(Cl)ccc3c(=O)[nH]2)c1. The second-order valence-electron chi connectivity index (χ2n) is 5.36. The third-order valence-electron chi connectivity index (χ3n) is 3.49. The van der Waals surface area contributed by atoms with Crippen molar-refractivity contribution in [3.63, 3.8) is 0 Å². The highest BCUT2D eigenvalue weighted by Gasteiger charge is 2.24. The van der Waals surface area contributed by atoms with Gasteiger partial charge in [-0.1, -0.05) is 11.6 Å². The number of aryl methyl sites for hydroxylation is 1. The molecule has 120 valence electrons. The molecule has 0 amide bonds. The molecule has 0 aliphatic carbocycles. The van der Waals surface area contributed by atoms with Gasteiger partial charge < -0.3 is 4.98 Å². The summed E-state index contributed by atoms with van der Waals surface area (Å²) in [6.45, 7) is 1.77. The molecule has 2 heterocycles. The molecule has 0 aliphatic rings. The number of hydrogen-bond donors (Lipinski definition) is 1. The molecule has 0 unspecified atom stereocenters. The van der Waals surface area contributed by atoms with E-state index in [-0.39, 0.29) is 12.4 Å². The van der Waals surface area contributed by atoms with Crippen molar-refractivity contribution in [1.29, 1.82) is 5.26 Å². The van der Waals surface area contributed by atoms with Crippen LogP contribution in [0.15, 0.2) is 35.4 Å². The lowest BCUT2D eigenvalue weighted by Crippen LogP contribution is -2.23. The molecule has 0 fully saturated rings. The van der Waals surface area contributed by atoms with Crippen molar-refractivity contribution in [2.45, 2.75) is 19.4 Å². The second kappa shape index (κ2) is 6.26. The molecule has 3 rings (SSSR count). The van der Waals surface area contributed by atoms with E-state index >= 15 is 0 Å². The van der Waals surface area contributed by atoms with Crippen molar-refractivity contribution in [3.8, 4) is 6.07 Å². The molecule has 3 aromatic rings. The van der Waals surface area contributed by atoms with Crippen LogP contribution in [-0.2, 0) is 11.3 Å². The molecule has 0 spiro atoms. The molecule has 24 heavy (non-hydrogen) atoms. The first-order valence-electron chi connectivity index (χ1n) is 7.09. The number of aromatic nitrogens is 4. The highest BCUT2D eigenvalue weighted by molar-refractivity contribution is 6.31. The highest BCUT2D eigenvalue weighted by Crippen LogP contribution is 2.18. The van der Waals surface area contributed by atoms with Gasteiger partial charge in [-0.3, -0.25) is 14.3 Å². The van der Waals surface area contributed by atoms with Gasteiger partial charge in [-0.05, 0) is 30.7 Å². The average Bonchev–Trinajstić information content (AvgIpc) is 2.92. The van der Waals surface area contributed by atoms with Crippen molar-refractivity contribution >= 4 is 28.3 Å². The number of carbonyl (C=O) groups excluding carboxylic acids is 1. The molecular weight excluding hydrogens is 330 g/mol. The lowest BCUT2D eigenvalue weighted by molar-refractivity contribution is -0.120. The molecule has 2 aromatic heterocycles. The molecule has 0 radical (unpaired) electrons. The number of nitrogens with one attached hydrogen (secondary N) is 1. The fourth-order valence-electron chi connectivity index (χ4n) is 2.36. The summed E-state index contributed by atoms with van der Waals surface area (Å²) in [5.41, 5.74) is 0.821. The van der Waals surface area contributed by atoms with Gasteiger partial charge in [0.15, 0.2) is 11.7 Å². The summed E-state index contributed by atoms with van der Waals surface area (Å²) in [7, 11) is 0. The van der Waals surface area contributed by atoms with Crippen molar-refractivity contribution < 1.29 is 4.79 Å². The lowest BCUT2D eigenvalue weighted by atomic mass is 10.0. The number of H-pyrrole nitrogens is 1. The zero-order chi connectivity index (χ0) is 17.3. The van der Waals surface area contributed by atoms with Gasteiger partial charge in [-0.15, -0.1) is 0 Å². The van der Waals surface area contributed by atoms with E-state index in [4.69, 9.17) is 11.6 Å². The van der Waals surface area contributed by atoms with Gasteiger partial charge in [0.1, 0.15) is 12.4 Å². The normalized spacial score (nSPS) is 12.0. The van der Waals surface area contributed by atoms with Crippen LogP contribution in [0.3, 0.4) is 0 Å². The Bertz CT molecular complexity index is 1030. The van der Waals surface area contributed by atoms with E-state index in [0.29, 0.717) is 15.9 Å². The van der Waals surface area contributed by atoms with Crippen LogP contribution < -0.4 is 5.56 Å². The molecule has 8 heteroatoms. The van der Waals surface area contributed by atoms with Crippen molar-refractivity contribution in [3.05, 3.63) is 57.4 Å². The zero-order valence-corrected chi connectivity index (χ0v) is 13.4. The molecule has 1 N–H and O–H groups in total. The maximum atomic E-state index is 12.4. The Morgan fingerprint density at radius 2 is 2.29 bits per heavy atom. The number of rotatable bonds is 4. The smallest absolute Gasteiger partial charge is 0.258 e. The number of nitriles is 1. The molecule has 0 bridgehead atoms. The maximum absolute atomic E-state index is 12.4. The van der Waals surface area contributed by atoms with E-state index in [2.05, 4.69) is 15.1 Å². The number of nitrogens with zero attached hydrogens (tertiary/aromatic N) is 4. The van der Waals surface area contributed by atoms with Crippen LogP contribution in [0.5, 0.6) is 0 Å². The number of aromatic amines is 1. The number of fused-ring (bicyclic) bond motifs is 1. The quantitative estimate of drug-likeness (QED) is 0.781. The van der Waals surface area contributed by atoms with Crippen molar-refractivity contribution in [1.82, 2.24) is 19.7 Å². The minimum atomic E-state index is -1.19. The fourth-order valence-corrected chi connectivity index (χ4v) is 2.52. The third kappa shape index (κ3) is 3.05. The van der Waals surface area contributed by atoms with Gasteiger partial charge in [-0.2, -0.15) is 10.4 Å². The molecule has 0 saturated heterocycles. The van der Waals surface area contributed by atoms with E-state index in [0.717, 1.165) is 5.56 Å². The lowest BCUT2D eigenvalue weighted by Gasteiger charge is -2.09. The van der Waals surface area contributed by atoms with Crippen molar-refractivity contribution in [2.75, 3.05) is 0 Å². The van der Waals surface area contributed by atoms with Crippen LogP contribution in [0.25, 0.3) is 10.9 Å². The van der Waals surface area contributed by atoms with Crippen LogP contribution in [-0.4, -0.2) is 25.5 Å². The Kier molecular flexibility index (Phi) is 4.15. The maximum Gasteiger partial charge on any atom is 0.258 e. The molecule has 0 saturated carbocycles. The van der Waals surface area contributed by atoms with Gasteiger partial charge in [0.25, 0.3) is 5.56 Å². The summed E-state index contributed by atoms with van der Waals surface area (Å²) >= 11 is 5.91. The standard InChI is InChI=1S/C16H12ClN5O2/c1-9-6-19-22(7-9)8-14(23)12(5-18)15-20-13-4-10(17)2-3-11(13)16(24)21-15/h2-4,6-7,12H,8H2,1H3,(H,20,21,24)/t12-/m1/s1. The Hall–Kier alpha value is -2.98. The Morgan fingerprint density at radius 1 is 1.50 bits per heavy atom. The second-order valence-corrected chi connectivity index (χ2v) is 5.79. The van der Waals surface area contributed by atoms with E-state index in [1.807, 2.05) is 13.0 Å². The van der Waals surface area contributed by atoms with Gasteiger partial charge >= 0.3 is 0 Å². The summed E-state index contributed by atoms with van der Waals surface area (Å²) in [6.07, 6.45) is 3.31. The van der Waals surface area contributed by atoms with E-state index in [1.54, 1.807) is 24.5 Å². The van der Waals surface area contributed by atoms with Crippen LogP contribution in [0.4, 0.5) is 0 Å². The number of halogens is 1. The van der Waals surface area contributed by atoms with Crippen LogP contribution >= 0.6 is 11.6 Å². The number of hydrogen-bond acceptors (Lipinski definition) is 5. The first-order chi connectivity index (χ1) is 11.5. The van der Waals surface area contributed by atoms with Crippen LogP contribution in [0, 0.1) is 18.3 Å². The summed E-state index contributed by atoms with van der Waals surface area (Å²) in [4.78, 5) is 31.3. The number of benzene rings is 1. The molecule has 1 atom stereocenters. The third-order valence-corrected chi connectivity index (χ3v) is 3.73. The zero-order valence-electron chi connectivity index (χ0n) is 12.7. The van der Waals surface area contributed by atoms with Gasteiger partial charge in [0.05, 0.1) is 23.2 Å². The minimum absolute atomic E-state index is 0.00569. The van der Waals surface area contributed by atoms with E-state index in [9.17, 15) is 14.9 Å². The minimum Gasteiger partial charge on any atom is -0.308 e. The van der Waals surface area contributed by atoms with Gasteiger partial charge in [0, 0.05) is 11.2 Å². The summed E-state index contributed by atoms with van der Waals surface area (Å²) in [6, 6.07) is 6.54. The molecule has 0 aliphatic heterocycles. The monoisotopic (exact) mass is 341 g/mol. The largest absolute Gasteiger partial charge is 0.308 e. The average molecular weight is 342 g/mol. The van der Waals surface area contributed by atoms with Gasteiger partial charge in [-0.25, -0.2) is 4.98 Å². The highest BCUT2D eigenvalue weighted by atomic mass is 35.5. The Labute approximate surface area is 141 Å². The topological polar surface area (TPSA) is 104 Å². The fraction of sp³-hybridized carbons (Fsp3) is 0.188. The van der Waals surface area contributed by atoms with Crippen molar-refractivity contribution in [2.24, 2.45) is 0 Å². The molecular formula is C16H12ClN5O2. The first kappa shape index (κ1) is 15.9.